The summed E-state index contributed by atoms with van der Waals surface area (Å²) in [6.45, 7) is 40.6. The Labute approximate surface area is 304 Å². The standard InChI is InChI=1S/C34H67N5O7Si4/c1-32(2,3)48(13,14)43-21-23-25(45-49(15,16)33(4,5)6)26(46-50(17,18)34(7,8)9)29(44-23)39-22-35-24-27(39)36-30(37-28(24)40)38-31(41)42-19-20-47(10,11)12/h22-23,25-26,29H,19-21H2,1-18H3,(H2,36,37,38,40,41)/t23-,25-,26-,29-/m1/s1. The van der Waals surface area contributed by atoms with Gasteiger partial charge in [0.1, 0.15) is 18.3 Å². The van der Waals surface area contributed by atoms with E-state index in [0.717, 1.165) is 6.04 Å². The Hall–Kier alpha value is -1.67. The van der Waals surface area contributed by atoms with Gasteiger partial charge in [-0.25, -0.2) is 9.78 Å². The van der Waals surface area contributed by atoms with E-state index < -0.39 is 69.2 Å². The molecular formula is C34H67N5O7Si4. The number of fused-ring (bicyclic) bond motifs is 1. The molecule has 2 aromatic rings. The summed E-state index contributed by atoms with van der Waals surface area (Å²) in [5.74, 6) is -0.0333. The molecule has 0 radical (unpaired) electrons. The lowest BCUT2D eigenvalue weighted by molar-refractivity contribution is -0.0470. The summed E-state index contributed by atoms with van der Waals surface area (Å²) in [5.41, 5.74) is -0.102. The number of nitrogens with one attached hydrogen (secondary N) is 2. The molecule has 12 nitrogen and oxygen atoms in total. The summed E-state index contributed by atoms with van der Waals surface area (Å²) in [7, 11) is -8.33. The molecule has 1 aliphatic heterocycles. The number of H-pyrrole nitrogens is 1. The van der Waals surface area contributed by atoms with Gasteiger partial charge in [0.05, 0.1) is 19.5 Å². The number of carbonyl (C=O) groups is 1. The smallest absolute Gasteiger partial charge is 0.413 e. The molecule has 16 heteroatoms. The number of hydrogen-bond acceptors (Lipinski definition) is 9. The topological polar surface area (TPSA) is 139 Å². The zero-order valence-corrected chi connectivity index (χ0v) is 38.2. The Kier molecular flexibility index (Phi) is 12.5. The summed E-state index contributed by atoms with van der Waals surface area (Å²) in [4.78, 5) is 37.7. The number of hydrogen-bond donors (Lipinski definition) is 2. The Morgan fingerprint density at radius 3 is 1.88 bits per heavy atom. The summed E-state index contributed by atoms with van der Waals surface area (Å²) in [6.07, 6.45) is -1.33. The van der Waals surface area contributed by atoms with Gasteiger partial charge in [-0.2, -0.15) is 4.98 Å². The van der Waals surface area contributed by atoms with Crippen molar-refractivity contribution in [1.29, 1.82) is 0 Å². The number of nitrogens with zero attached hydrogens (tertiary/aromatic N) is 3. The minimum absolute atomic E-state index is 0.00254. The number of aromatic nitrogens is 4. The lowest BCUT2D eigenvalue weighted by atomic mass is 10.1. The number of carbonyl (C=O) groups excluding carboxylic acids is 1. The summed E-state index contributed by atoms with van der Waals surface area (Å²) in [6, 6.07) is 0.823. The van der Waals surface area contributed by atoms with Crippen molar-refractivity contribution in [1.82, 2.24) is 19.5 Å². The maximum absolute atomic E-state index is 13.3. The van der Waals surface area contributed by atoms with Crippen molar-refractivity contribution in [2.45, 2.75) is 167 Å². The van der Waals surface area contributed by atoms with Gasteiger partial charge in [-0.15, -0.1) is 0 Å². The molecular weight excluding hydrogens is 703 g/mol. The molecule has 0 saturated carbocycles. The second kappa shape index (κ2) is 14.6. The molecule has 0 aliphatic carbocycles. The summed E-state index contributed by atoms with van der Waals surface area (Å²) in [5, 5.41) is 2.43. The normalized spacial score (nSPS) is 21.6. The summed E-state index contributed by atoms with van der Waals surface area (Å²) >= 11 is 0. The molecule has 0 spiro atoms. The quantitative estimate of drug-likeness (QED) is 0.203. The van der Waals surface area contributed by atoms with Crippen LogP contribution in [-0.4, -0.2) is 90.2 Å². The van der Waals surface area contributed by atoms with E-state index in [0.29, 0.717) is 13.2 Å². The van der Waals surface area contributed by atoms with Gasteiger partial charge in [0.2, 0.25) is 5.95 Å². The number of ether oxygens (including phenoxy) is 2. The fourth-order valence-corrected chi connectivity index (χ4v) is 8.96. The first kappa shape index (κ1) is 42.7. The largest absolute Gasteiger partial charge is 0.450 e. The number of rotatable bonds is 12. The van der Waals surface area contributed by atoms with Crippen molar-refractivity contribution >= 4 is 56.2 Å². The number of anilines is 1. The second-order valence-electron chi connectivity index (χ2n) is 19.6. The molecule has 2 aromatic heterocycles. The molecule has 3 heterocycles. The third kappa shape index (κ3) is 10.0. The van der Waals surface area contributed by atoms with Crippen molar-refractivity contribution in [2.75, 3.05) is 18.5 Å². The van der Waals surface area contributed by atoms with Crippen LogP contribution < -0.4 is 10.9 Å². The van der Waals surface area contributed by atoms with Crippen LogP contribution in [0.15, 0.2) is 11.1 Å². The average molecular weight is 770 g/mol. The van der Waals surface area contributed by atoms with Crippen LogP contribution in [0.25, 0.3) is 11.2 Å². The molecule has 1 saturated heterocycles. The van der Waals surface area contributed by atoms with Gasteiger partial charge in [0.25, 0.3) is 5.56 Å². The monoisotopic (exact) mass is 769 g/mol. The van der Waals surface area contributed by atoms with E-state index in [1.165, 1.54) is 0 Å². The third-order valence-electron chi connectivity index (χ3n) is 11.2. The van der Waals surface area contributed by atoms with Gasteiger partial charge in [0.15, 0.2) is 42.3 Å². The highest BCUT2D eigenvalue weighted by Gasteiger charge is 2.55. The van der Waals surface area contributed by atoms with E-state index in [1.807, 2.05) is 0 Å². The fraction of sp³-hybridized carbons (Fsp3) is 0.824. The van der Waals surface area contributed by atoms with Crippen LogP contribution in [-0.2, 0) is 22.8 Å². The van der Waals surface area contributed by atoms with Gasteiger partial charge in [-0.05, 0) is 60.4 Å². The van der Waals surface area contributed by atoms with Crippen LogP contribution in [0.3, 0.4) is 0 Å². The van der Waals surface area contributed by atoms with Crippen LogP contribution >= 0.6 is 0 Å². The molecule has 1 aliphatic rings. The highest BCUT2D eigenvalue weighted by atomic mass is 28.4. The predicted octanol–water partition coefficient (Wildman–Crippen LogP) is 8.71. The Morgan fingerprint density at radius 1 is 0.860 bits per heavy atom. The third-order valence-corrected chi connectivity index (χ3v) is 26.3. The van der Waals surface area contributed by atoms with E-state index in [-0.39, 0.29) is 32.2 Å². The van der Waals surface area contributed by atoms with Crippen molar-refractivity contribution in [2.24, 2.45) is 0 Å². The van der Waals surface area contributed by atoms with Gasteiger partial charge in [0, 0.05) is 8.07 Å². The molecule has 4 atom stereocenters. The maximum Gasteiger partial charge on any atom is 0.413 e. The van der Waals surface area contributed by atoms with Gasteiger partial charge < -0.3 is 22.8 Å². The fourth-order valence-electron chi connectivity index (χ4n) is 4.63. The SMILES string of the molecule is CC(C)(C)[Si](C)(C)OC[C@H]1O[C@@H](n2cnc3c(=O)[nH]c(NC(=O)OCC[Si](C)(C)C)nc32)[C@H](O[Si](C)(C)C(C)(C)C)[C@@H]1O[Si](C)(C)C(C)(C)C. The van der Waals surface area contributed by atoms with Crippen molar-refractivity contribution in [3.63, 3.8) is 0 Å². The minimum atomic E-state index is -2.41. The zero-order chi connectivity index (χ0) is 38.5. The van der Waals surface area contributed by atoms with E-state index in [9.17, 15) is 9.59 Å². The average Bonchev–Trinajstić information content (AvgIpc) is 3.46. The highest BCUT2D eigenvalue weighted by Crippen LogP contribution is 2.47. The molecule has 286 valence electrons. The van der Waals surface area contributed by atoms with Gasteiger partial charge >= 0.3 is 6.09 Å². The van der Waals surface area contributed by atoms with Crippen LogP contribution in [0.1, 0.15) is 68.5 Å². The Balaban J connectivity index is 2.14. The van der Waals surface area contributed by atoms with E-state index >= 15 is 0 Å². The number of imidazole rings is 1. The van der Waals surface area contributed by atoms with Crippen molar-refractivity contribution in [3.05, 3.63) is 16.7 Å². The first-order valence-corrected chi connectivity index (χ1v) is 30.4. The lowest BCUT2D eigenvalue weighted by Crippen LogP contribution is -2.54. The van der Waals surface area contributed by atoms with E-state index in [2.05, 4.69) is 142 Å². The molecule has 1 fully saturated rings. The molecule has 0 bridgehead atoms. The van der Waals surface area contributed by atoms with Crippen molar-refractivity contribution in [3.8, 4) is 0 Å². The second-order valence-corrected chi connectivity index (χ2v) is 39.6. The van der Waals surface area contributed by atoms with Crippen LogP contribution in [0, 0.1) is 0 Å². The Bertz CT molecular complexity index is 1550. The lowest BCUT2D eigenvalue weighted by Gasteiger charge is -2.44. The molecule has 1 amide bonds. The Morgan fingerprint density at radius 2 is 1.38 bits per heavy atom. The maximum atomic E-state index is 13.3. The van der Waals surface area contributed by atoms with Crippen molar-refractivity contribution < 1.29 is 27.5 Å². The molecule has 0 unspecified atom stereocenters. The van der Waals surface area contributed by atoms with Crippen LogP contribution in [0.2, 0.25) is 80.1 Å². The molecule has 0 aromatic carbocycles. The highest BCUT2D eigenvalue weighted by molar-refractivity contribution is 6.76. The first-order valence-electron chi connectivity index (χ1n) is 17.9. The molecule has 2 N–H and O–H groups in total. The first-order chi connectivity index (χ1) is 22.4. The predicted molar refractivity (Wildman–Crippen MR) is 212 cm³/mol. The van der Waals surface area contributed by atoms with Gasteiger partial charge in [-0.1, -0.05) is 82.0 Å². The summed E-state index contributed by atoms with van der Waals surface area (Å²) < 4.78 is 35.4. The number of amides is 1. The molecule has 50 heavy (non-hydrogen) atoms. The van der Waals surface area contributed by atoms with Crippen LogP contribution in [0.5, 0.6) is 0 Å². The molecule has 3 rings (SSSR count). The van der Waals surface area contributed by atoms with E-state index in [1.54, 1.807) is 10.9 Å². The van der Waals surface area contributed by atoms with E-state index in [4.69, 9.17) is 22.8 Å². The zero-order valence-electron chi connectivity index (χ0n) is 34.2. The minimum Gasteiger partial charge on any atom is -0.450 e. The van der Waals surface area contributed by atoms with Crippen LogP contribution in [0.4, 0.5) is 10.7 Å². The van der Waals surface area contributed by atoms with Gasteiger partial charge in [-0.3, -0.25) is 19.7 Å². The number of aromatic amines is 1.